The number of methoxy groups -OCH3 is 1. The van der Waals surface area contributed by atoms with E-state index in [1.807, 2.05) is 55.5 Å². The van der Waals surface area contributed by atoms with Crippen LogP contribution in [0.4, 0.5) is 0 Å². The van der Waals surface area contributed by atoms with Crippen molar-refractivity contribution in [2.75, 3.05) is 13.7 Å². The summed E-state index contributed by atoms with van der Waals surface area (Å²) in [5.74, 6) is 2.13. The average Bonchev–Trinajstić information content (AvgIpc) is 3.01. The highest BCUT2D eigenvalue weighted by Gasteiger charge is 2.13. The third-order valence-electron chi connectivity index (χ3n) is 3.52. The van der Waals surface area contributed by atoms with Crippen molar-refractivity contribution in [2.45, 2.75) is 6.92 Å². The summed E-state index contributed by atoms with van der Waals surface area (Å²) in [5, 5.41) is 11.6. The van der Waals surface area contributed by atoms with Crippen LogP contribution in [0.25, 0.3) is 11.4 Å². The van der Waals surface area contributed by atoms with Crippen LogP contribution in [0.2, 0.25) is 0 Å². The molecule has 0 aliphatic heterocycles. The van der Waals surface area contributed by atoms with Crippen molar-refractivity contribution >= 4 is 18.4 Å². The van der Waals surface area contributed by atoms with Gasteiger partial charge in [0, 0.05) is 0 Å². The predicted molar refractivity (Wildman–Crippen MR) is 100 cm³/mol. The molecule has 0 unspecified atom stereocenters. The van der Waals surface area contributed by atoms with E-state index in [0.717, 1.165) is 22.6 Å². The fourth-order valence-corrected chi connectivity index (χ4v) is 2.50. The van der Waals surface area contributed by atoms with Gasteiger partial charge in [-0.3, -0.25) is 0 Å². The number of hydrogen-bond acceptors (Lipinski definition) is 5. The number of para-hydroxylation sites is 1. The number of nitrogens with one attached hydrogen (secondary N) is 1. The fourth-order valence-electron chi connectivity index (χ4n) is 2.32. The first-order valence-corrected chi connectivity index (χ1v) is 8.21. The maximum atomic E-state index is 5.68. The van der Waals surface area contributed by atoms with Gasteiger partial charge in [0.25, 0.3) is 0 Å². The first kappa shape index (κ1) is 16.9. The van der Waals surface area contributed by atoms with Crippen molar-refractivity contribution in [3.63, 3.8) is 0 Å². The van der Waals surface area contributed by atoms with E-state index in [2.05, 4.69) is 15.3 Å². The zero-order chi connectivity index (χ0) is 17.6. The van der Waals surface area contributed by atoms with Crippen molar-refractivity contribution < 1.29 is 9.47 Å². The Morgan fingerprint density at radius 1 is 1.20 bits per heavy atom. The molecule has 7 heteroatoms. The number of aromatic nitrogens is 3. The van der Waals surface area contributed by atoms with E-state index in [4.69, 9.17) is 21.7 Å². The molecular formula is C18H18N4O2S. The topological polar surface area (TPSA) is 64.4 Å². The highest BCUT2D eigenvalue weighted by Crippen LogP contribution is 2.28. The van der Waals surface area contributed by atoms with E-state index < -0.39 is 0 Å². The molecule has 128 valence electrons. The Morgan fingerprint density at radius 2 is 1.96 bits per heavy atom. The summed E-state index contributed by atoms with van der Waals surface area (Å²) >= 11 is 5.31. The lowest BCUT2D eigenvalue weighted by Crippen LogP contribution is -1.99. The number of H-pyrrole nitrogens is 1. The Bertz CT molecular complexity index is 929. The van der Waals surface area contributed by atoms with Gasteiger partial charge in [0.1, 0.15) is 11.5 Å². The Morgan fingerprint density at radius 3 is 2.68 bits per heavy atom. The maximum Gasteiger partial charge on any atom is 0.216 e. The molecule has 2 aromatic carbocycles. The van der Waals surface area contributed by atoms with Gasteiger partial charge in [-0.15, -0.1) is 0 Å². The second kappa shape index (κ2) is 7.76. The van der Waals surface area contributed by atoms with Crippen LogP contribution in [-0.2, 0) is 0 Å². The average molecular weight is 354 g/mol. The van der Waals surface area contributed by atoms with Crippen LogP contribution in [0, 0.1) is 4.77 Å². The van der Waals surface area contributed by atoms with Crippen molar-refractivity contribution in [3.05, 3.63) is 58.9 Å². The normalized spacial score (nSPS) is 11.0. The summed E-state index contributed by atoms with van der Waals surface area (Å²) in [7, 11) is 1.63. The smallest absolute Gasteiger partial charge is 0.216 e. The summed E-state index contributed by atoms with van der Waals surface area (Å²) in [6, 6.07) is 15.2. The fraction of sp³-hybridized carbons (Fsp3) is 0.167. The number of nitrogens with zero attached hydrogens (tertiary/aromatic N) is 3. The minimum atomic E-state index is 0.408. The quantitative estimate of drug-likeness (QED) is 0.539. The van der Waals surface area contributed by atoms with E-state index in [1.54, 1.807) is 18.0 Å². The Balaban J connectivity index is 1.97. The molecule has 0 atom stereocenters. The van der Waals surface area contributed by atoms with Gasteiger partial charge in [-0.05, 0) is 61.1 Å². The van der Waals surface area contributed by atoms with Crippen molar-refractivity contribution in [1.29, 1.82) is 0 Å². The van der Waals surface area contributed by atoms with E-state index in [-0.39, 0.29) is 0 Å². The minimum Gasteiger partial charge on any atom is -0.497 e. The highest BCUT2D eigenvalue weighted by atomic mass is 32.1. The third-order valence-corrected chi connectivity index (χ3v) is 3.78. The van der Waals surface area contributed by atoms with Crippen LogP contribution in [0.15, 0.2) is 53.6 Å². The number of hydrogen-bond donors (Lipinski definition) is 1. The second-order valence-electron chi connectivity index (χ2n) is 5.11. The van der Waals surface area contributed by atoms with E-state index in [0.29, 0.717) is 17.2 Å². The van der Waals surface area contributed by atoms with Crippen LogP contribution in [0.3, 0.4) is 0 Å². The zero-order valence-electron chi connectivity index (χ0n) is 14.0. The molecule has 3 rings (SSSR count). The number of aromatic amines is 1. The first-order chi connectivity index (χ1) is 12.2. The summed E-state index contributed by atoms with van der Waals surface area (Å²) in [4.78, 5) is 0. The molecule has 3 aromatic rings. The Hall–Kier alpha value is -2.93. The summed E-state index contributed by atoms with van der Waals surface area (Å²) in [5.41, 5.74) is 1.75. The third kappa shape index (κ3) is 3.77. The summed E-state index contributed by atoms with van der Waals surface area (Å²) in [6.07, 6.45) is 1.72. The molecule has 0 saturated heterocycles. The van der Waals surface area contributed by atoms with Crippen LogP contribution in [0.1, 0.15) is 12.5 Å². The zero-order valence-corrected chi connectivity index (χ0v) is 14.8. The van der Waals surface area contributed by atoms with Gasteiger partial charge in [0.2, 0.25) is 4.77 Å². The van der Waals surface area contributed by atoms with E-state index >= 15 is 0 Å². The molecule has 0 aliphatic carbocycles. The molecule has 1 heterocycles. The molecule has 0 spiro atoms. The van der Waals surface area contributed by atoms with Crippen LogP contribution in [0.5, 0.6) is 11.5 Å². The standard InChI is InChI=1S/C18H18N4O2S/c1-3-24-16-7-5-4-6-15(16)17-20-21-18(25)22(17)19-12-13-8-10-14(23-2)11-9-13/h4-12H,3H2,1-2H3,(H,21,25)/b19-12-. The minimum absolute atomic E-state index is 0.408. The van der Waals surface area contributed by atoms with Crippen LogP contribution in [-0.4, -0.2) is 34.8 Å². The van der Waals surface area contributed by atoms with Crippen molar-refractivity contribution in [1.82, 2.24) is 14.9 Å². The first-order valence-electron chi connectivity index (χ1n) is 7.81. The molecule has 25 heavy (non-hydrogen) atoms. The van der Waals surface area contributed by atoms with Crippen LogP contribution < -0.4 is 9.47 Å². The van der Waals surface area contributed by atoms with Gasteiger partial charge in [0.15, 0.2) is 5.82 Å². The predicted octanol–water partition coefficient (Wildman–Crippen LogP) is 3.90. The van der Waals surface area contributed by atoms with Gasteiger partial charge >= 0.3 is 0 Å². The number of rotatable bonds is 6. The van der Waals surface area contributed by atoms with Crippen molar-refractivity contribution in [3.8, 4) is 22.9 Å². The lowest BCUT2D eigenvalue weighted by atomic mass is 10.2. The molecule has 0 bridgehead atoms. The van der Waals surface area contributed by atoms with E-state index in [1.165, 1.54) is 0 Å². The van der Waals surface area contributed by atoms with Gasteiger partial charge in [-0.2, -0.15) is 14.9 Å². The highest BCUT2D eigenvalue weighted by molar-refractivity contribution is 7.71. The van der Waals surface area contributed by atoms with Gasteiger partial charge in [-0.25, -0.2) is 5.10 Å². The van der Waals surface area contributed by atoms with Gasteiger partial charge in [0.05, 0.1) is 25.5 Å². The van der Waals surface area contributed by atoms with Crippen LogP contribution >= 0.6 is 12.2 Å². The lowest BCUT2D eigenvalue weighted by Gasteiger charge is -2.08. The molecule has 0 amide bonds. The maximum absolute atomic E-state index is 5.68. The summed E-state index contributed by atoms with van der Waals surface area (Å²) in [6.45, 7) is 2.51. The SMILES string of the molecule is CCOc1ccccc1-c1n[nH]c(=S)n1/N=C\c1ccc(OC)cc1. The lowest BCUT2D eigenvalue weighted by molar-refractivity contribution is 0.341. The summed E-state index contributed by atoms with van der Waals surface area (Å²) < 4.78 is 12.8. The largest absolute Gasteiger partial charge is 0.497 e. The number of ether oxygens (including phenoxy) is 2. The van der Waals surface area contributed by atoms with Crippen molar-refractivity contribution in [2.24, 2.45) is 5.10 Å². The second-order valence-corrected chi connectivity index (χ2v) is 5.50. The number of benzene rings is 2. The molecule has 0 radical (unpaired) electrons. The molecule has 6 nitrogen and oxygen atoms in total. The molecule has 1 N–H and O–H groups in total. The Kier molecular flexibility index (Phi) is 5.25. The molecule has 0 saturated carbocycles. The Labute approximate surface area is 150 Å². The van der Waals surface area contributed by atoms with Gasteiger partial charge in [-0.1, -0.05) is 12.1 Å². The van der Waals surface area contributed by atoms with E-state index in [9.17, 15) is 0 Å². The molecule has 0 aliphatic rings. The molecular weight excluding hydrogens is 336 g/mol. The van der Waals surface area contributed by atoms with Gasteiger partial charge < -0.3 is 9.47 Å². The monoisotopic (exact) mass is 354 g/mol. The molecule has 1 aromatic heterocycles. The molecule has 0 fully saturated rings.